The molecule has 0 aliphatic heterocycles. The van der Waals surface area contributed by atoms with Gasteiger partial charge in [0.1, 0.15) is 0 Å². The Kier molecular flexibility index (Phi) is 1.60. The summed E-state index contributed by atoms with van der Waals surface area (Å²) in [6, 6.07) is 13.3. The Hall–Kier alpha value is -1.76. The minimum absolute atomic E-state index is 0.709. The summed E-state index contributed by atoms with van der Waals surface area (Å²) in [5, 5.41) is 2.72. The Balaban J connectivity index is 2.14. The molecular formula is C16H15N. The highest BCUT2D eigenvalue weighted by Gasteiger charge is 2.31. The fourth-order valence-electron chi connectivity index (χ4n) is 3.16. The highest BCUT2D eigenvalue weighted by molar-refractivity contribution is 6.07. The topological polar surface area (TPSA) is 15.8 Å². The molecule has 1 heterocycles. The van der Waals surface area contributed by atoms with E-state index in [1.54, 1.807) is 0 Å². The Morgan fingerprint density at radius 3 is 2.35 bits per heavy atom. The van der Waals surface area contributed by atoms with Gasteiger partial charge in [-0.1, -0.05) is 32.0 Å². The lowest BCUT2D eigenvalue weighted by atomic mass is 9.69. The standard InChI is InChI=1S/C16H15N/c1-9-10(2)13-8-16-14(7-12(9)13)11-5-3-4-6-15(11)17-16/h3-10,17H,1-2H3. The molecule has 0 spiro atoms. The van der Waals surface area contributed by atoms with Crippen molar-refractivity contribution in [2.75, 3.05) is 0 Å². The van der Waals surface area contributed by atoms with E-state index in [-0.39, 0.29) is 0 Å². The highest BCUT2D eigenvalue weighted by atomic mass is 14.7. The predicted octanol–water partition coefficient (Wildman–Crippen LogP) is 4.54. The quantitative estimate of drug-likeness (QED) is 0.573. The molecule has 4 rings (SSSR count). The largest absolute Gasteiger partial charge is 0.355 e. The summed E-state index contributed by atoms with van der Waals surface area (Å²) in [4.78, 5) is 3.52. The first-order valence-electron chi connectivity index (χ1n) is 6.30. The number of hydrogen-bond donors (Lipinski definition) is 1. The van der Waals surface area contributed by atoms with Gasteiger partial charge in [-0.3, -0.25) is 0 Å². The first kappa shape index (κ1) is 9.29. The maximum absolute atomic E-state index is 3.52. The van der Waals surface area contributed by atoms with Gasteiger partial charge in [0, 0.05) is 21.8 Å². The van der Waals surface area contributed by atoms with Gasteiger partial charge in [0.15, 0.2) is 0 Å². The second-order valence-corrected chi connectivity index (χ2v) is 5.27. The lowest BCUT2D eigenvalue weighted by Gasteiger charge is -2.35. The van der Waals surface area contributed by atoms with E-state index in [1.165, 1.54) is 32.9 Å². The van der Waals surface area contributed by atoms with Crippen molar-refractivity contribution in [1.82, 2.24) is 4.98 Å². The summed E-state index contributed by atoms with van der Waals surface area (Å²) in [5.41, 5.74) is 5.59. The van der Waals surface area contributed by atoms with E-state index >= 15 is 0 Å². The molecule has 3 aromatic rings. The minimum atomic E-state index is 0.709. The maximum atomic E-state index is 3.52. The fourth-order valence-corrected chi connectivity index (χ4v) is 3.16. The Labute approximate surface area is 100 Å². The van der Waals surface area contributed by atoms with Crippen LogP contribution in [0.5, 0.6) is 0 Å². The zero-order valence-electron chi connectivity index (χ0n) is 10.1. The molecule has 0 radical (unpaired) electrons. The third-order valence-electron chi connectivity index (χ3n) is 4.44. The van der Waals surface area contributed by atoms with Crippen molar-refractivity contribution in [3.05, 3.63) is 47.5 Å². The molecule has 0 saturated carbocycles. The third-order valence-corrected chi connectivity index (χ3v) is 4.44. The van der Waals surface area contributed by atoms with Crippen LogP contribution in [0.3, 0.4) is 0 Å². The van der Waals surface area contributed by atoms with Crippen molar-refractivity contribution >= 4 is 21.8 Å². The first-order valence-corrected chi connectivity index (χ1v) is 6.30. The number of rotatable bonds is 0. The summed E-state index contributed by atoms with van der Waals surface area (Å²) in [7, 11) is 0. The SMILES string of the molecule is CC1c2cc3[nH]c4ccccc4c3cc2C1C. The average molecular weight is 221 g/mol. The van der Waals surface area contributed by atoms with Crippen molar-refractivity contribution in [3.63, 3.8) is 0 Å². The summed E-state index contributed by atoms with van der Waals surface area (Å²) >= 11 is 0. The van der Waals surface area contributed by atoms with Crippen LogP contribution in [0.4, 0.5) is 0 Å². The van der Waals surface area contributed by atoms with Crippen LogP contribution in [0.15, 0.2) is 36.4 Å². The van der Waals surface area contributed by atoms with Gasteiger partial charge in [0.2, 0.25) is 0 Å². The lowest BCUT2D eigenvalue weighted by Crippen LogP contribution is -2.18. The Bertz CT molecular complexity index is 736. The van der Waals surface area contributed by atoms with E-state index in [0.29, 0.717) is 11.8 Å². The zero-order chi connectivity index (χ0) is 11.6. The molecule has 1 aromatic heterocycles. The van der Waals surface area contributed by atoms with E-state index in [9.17, 15) is 0 Å². The first-order chi connectivity index (χ1) is 8.25. The van der Waals surface area contributed by atoms with Crippen molar-refractivity contribution in [1.29, 1.82) is 0 Å². The number of fused-ring (bicyclic) bond motifs is 4. The monoisotopic (exact) mass is 221 g/mol. The van der Waals surface area contributed by atoms with E-state index in [2.05, 4.69) is 55.2 Å². The molecule has 2 atom stereocenters. The molecule has 1 aliphatic carbocycles. The minimum Gasteiger partial charge on any atom is -0.355 e. The zero-order valence-corrected chi connectivity index (χ0v) is 10.1. The molecule has 2 unspecified atom stereocenters. The fraction of sp³-hybridized carbons (Fsp3) is 0.250. The molecule has 0 saturated heterocycles. The molecule has 1 N–H and O–H groups in total. The molecule has 17 heavy (non-hydrogen) atoms. The van der Waals surface area contributed by atoms with Crippen molar-refractivity contribution in [3.8, 4) is 0 Å². The summed E-state index contributed by atoms with van der Waals surface area (Å²) < 4.78 is 0. The maximum Gasteiger partial charge on any atom is 0.0467 e. The van der Waals surface area contributed by atoms with Crippen molar-refractivity contribution in [2.24, 2.45) is 0 Å². The molecule has 0 amide bonds. The van der Waals surface area contributed by atoms with Gasteiger partial charge in [-0.2, -0.15) is 0 Å². The molecule has 1 aliphatic rings. The number of aromatic nitrogens is 1. The van der Waals surface area contributed by atoms with Crippen molar-refractivity contribution < 1.29 is 0 Å². The highest BCUT2D eigenvalue weighted by Crippen LogP contribution is 2.48. The van der Waals surface area contributed by atoms with Gasteiger partial charge in [-0.15, -0.1) is 0 Å². The molecular weight excluding hydrogens is 206 g/mol. The van der Waals surface area contributed by atoms with E-state index < -0.39 is 0 Å². The van der Waals surface area contributed by atoms with Gasteiger partial charge in [0.05, 0.1) is 0 Å². The van der Waals surface area contributed by atoms with Crippen LogP contribution in [-0.2, 0) is 0 Å². The molecule has 0 fully saturated rings. The van der Waals surface area contributed by atoms with Crippen LogP contribution in [0, 0.1) is 0 Å². The average Bonchev–Trinajstić information content (AvgIpc) is 2.74. The van der Waals surface area contributed by atoms with Crippen LogP contribution in [-0.4, -0.2) is 4.98 Å². The van der Waals surface area contributed by atoms with E-state index in [1.807, 2.05) is 0 Å². The second kappa shape index (κ2) is 2.92. The van der Waals surface area contributed by atoms with Crippen LogP contribution in [0.1, 0.15) is 36.8 Å². The molecule has 84 valence electrons. The summed E-state index contributed by atoms with van der Waals surface area (Å²) in [5.74, 6) is 1.42. The number of hydrogen-bond acceptors (Lipinski definition) is 0. The molecule has 1 nitrogen and oxygen atoms in total. The number of nitrogens with one attached hydrogen (secondary N) is 1. The van der Waals surface area contributed by atoms with Gasteiger partial charge in [-0.25, -0.2) is 0 Å². The summed E-state index contributed by atoms with van der Waals surface area (Å²) in [6.07, 6.45) is 0. The van der Waals surface area contributed by atoms with Crippen molar-refractivity contribution in [2.45, 2.75) is 25.7 Å². The summed E-state index contributed by atoms with van der Waals surface area (Å²) in [6.45, 7) is 4.65. The molecule has 2 aromatic carbocycles. The Morgan fingerprint density at radius 1 is 0.824 bits per heavy atom. The number of H-pyrrole nitrogens is 1. The van der Waals surface area contributed by atoms with Gasteiger partial charge >= 0.3 is 0 Å². The predicted molar refractivity (Wildman–Crippen MR) is 72.6 cm³/mol. The van der Waals surface area contributed by atoms with Crippen LogP contribution in [0.2, 0.25) is 0 Å². The lowest BCUT2D eigenvalue weighted by molar-refractivity contribution is 0.544. The smallest absolute Gasteiger partial charge is 0.0467 e. The third kappa shape index (κ3) is 1.04. The number of benzene rings is 2. The number of aromatic amines is 1. The normalized spacial score (nSPS) is 22.7. The van der Waals surface area contributed by atoms with E-state index in [0.717, 1.165) is 0 Å². The molecule has 0 bridgehead atoms. The van der Waals surface area contributed by atoms with Gasteiger partial charge in [-0.05, 0) is 41.2 Å². The van der Waals surface area contributed by atoms with Crippen LogP contribution in [0.25, 0.3) is 21.8 Å². The Morgan fingerprint density at radius 2 is 1.53 bits per heavy atom. The number of para-hydroxylation sites is 1. The second-order valence-electron chi connectivity index (χ2n) is 5.27. The van der Waals surface area contributed by atoms with Gasteiger partial charge in [0.25, 0.3) is 0 Å². The van der Waals surface area contributed by atoms with Crippen LogP contribution < -0.4 is 0 Å². The van der Waals surface area contributed by atoms with Gasteiger partial charge < -0.3 is 4.98 Å². The molecule has 1 heteroatoms. The van der Waals surface area contributed by atoms with E-state index in [4.69, 9.17) is 0 Å². The van der Waals surface area contributed by atoms with Crippen LogP contribution >= 0.6 is 0 Å².